The van der Waals surface area contributed by atoms with Crippen molar-refractivity contribution in [3.05, 3.63) is 234 Å². The van der Waals surface area contributed by atoms with Crippen LogP contribution in [0, 0.1) is 0 Å². The number of nitrogen functional groups attached to an aromatic ring is 1. The lowest BCUT2D eigenvalue weighted by molar-refractivity contribution is 0.476. The van der Waals surface area contributed by atoms with Gasteiger partial charge in [0.1, 0.15) is 11.1 Å². The molecule has 0 radical (unpaired) electrons. The molecule has 0 fully saturated rings. The maximum Gasteiger partial charge on any atom is 0.157 e. The Morgan fingerprint density at radius 1 is 0.429 bits per heavy atom. The summed E-state index contributed by atoms with van der Waals surface area (Å²) in [7, 11) is 0. The van der Waals surface area contributed by atoms with Crippen LogP contribution < -0.4 is 11.1 Å². The van der Waals surface area contributed by atoms with Crippen molar-refractivity contribution in [2.24, 2.45) is 0 Å². The first kappa shape index (κ1) is 30.0. The van der Waals surface area contributed by atoms with E-state index in [9.17, 15) is 0 Å². The molecule has 0 saturated carbocycles. The lowest BCUT2D eigenvalue weighted by atomic mass is 9.77. The van der Waals surface area contributed by atoms with Gasteiger partial charge in [-0.1, -0.05) is 182 Å². The van der Waals surface area contributed by atoms with Crippen molar-refractivity contribution in [3.63, 3.8) is 0 Å². The van der Waals surface area contributed by atoms with Crippen LogP contribution >= 0.6 is 0 Å². The van der Waals surface area contributed by atoms with Gasteiger partial charge in [0, 0.05) is 11.1 Å². The Morgan fingerprint density at radius 3 is 1.14 bits per heavy atom. The van der Waals surface area contributed by atoms with E-state index in [1.165, 1.54) is 0 Å². The maximum atomic E-state index is 6.58. The topological polar surface area (TPSA) is 55.9 Å². The molecule has 236 valence electrons. The van der Waals surface area contributed by atoms with Crippen LogP contribution in [0.3, 0.4) is 0 Å². The quantitative estimate of drug-likeness (QED) is 0.123. The van der Waals surface area contributed by atoms with Crippen molar-refractivity contribution in [2.45, 2.75) is 11.1 Å². The van der Waals surface area contributed by atoms with E-state index in [1.54, 1.807) is 0 Å². The zero-order valence-corrected chi connectivity index (χ0v) is 27.0. The third-order valence-electron chi connectivity index (χ3n) is 9.52. The zero-order valence-electron chi connectivity index (χ0n) is 27.0. The molecule has 8 rings (SSSR count). The van der Waals surface area contributed by atoms with Gasteiger partial charge in [0.15, 0.2) is 5.82 Å². The Morgan fingerprint density at radius 2 is 0.776 bits per heavy atom. The minimum atomic E-state index is -0.813. The molecule has 0 bridgehead atoms. The number of anilines is 2. The fourth-order valence-electron chi connectivity index (χ4n) is 7.35. The SMILES string of the molecule is Nc1ccc2c(c1)c(NC(c1ccccc1)(c1ccccc1)c1ccccc1)nn2C(c1ccccc1)(c1ccccc1)c1ccccc1. The number of hydrogen-bond donors (Lipinski definition) is 2. The van der Waals surface area contributed by atoms with Gasteiger partial charge in [0.05, 0.1) is 5.52 Å². The van der Waals surface area contributed by atoms with Crippen LogP contribution in [0.2, 0.25) is 0 Å². The van der Waals surface area contributed by atoms with Crippen LogP contribution in [0.25, 0.3) is 10.9 Å². The highest BCUT2D eigenvalue weighted by Crippen LogP contribution is 2.46. The third-order valence-corrected chi connectivity index (χ3v) is 9.52. The largest absolute Gasteiger partial charge is 0.399 e. The molecule has 8 aromatic rings. The van der Waals surface area contributed by atoms with E-state index in [-0.39, 0.29) is 0 Å². The number of benzene rings is 7. The fourth-order valence-corrected chi connectivity index (χ4v) is 7.35. The lowest BCUT2D eigenvalue weighted by Gasteiger charge is -2.38. The number of nitrogens with one attached hydrogen (secondary N) is 1. The van der Waals surface area contributed by atoms with Crippen molar-refractivity contribution in [2.75, 3.05) is 11.1 Å². The zero-order chi connectivity index (χ0) is 33.1. The summed E-state index contributed by atoms with van der Waals surface area (Å²) in [6.45, 7) is 0. The van der Waals surface area contributed by atoms with E-state index >= 15 is 0 Å². The second-order valence-corrected chi connectivity index (χ2v) is 12.3. The van der Waals surface area contributed by atoms with Crippen LogP contribution in [0.15, 0.2) is 200 Å². The van der Waals surface area contributed by atoms with E-state index < -0.39 is 11.1 Å². The minimum Gasteiger partial charge on any atom is -0.399 e. The van der Waals surface area contributed by atoms with Gasteiger partial charge < -0.3 is 11.1 Å². The Bertz CT molecular complexity index is 2090. The smallest absolute Gasteiger partial charge is 0.157 e. The molecule has 49 heavy (non-hydrogen) atoms. The summed E-state index contributed by atoms with van der Waals surface area (Å²) in [5.74, 6) is 0.728. The molecule has 4 heteroatoms. The van der Waals surface area contributed by atoms with E-state index in [1.807, 2.05) is 12.1 Å². The Hall–Kier alpha value is -6.39. The second kappa shape index (κ2) is 12.7. The van der Waals surface area contributed by atoms with Gasteiger partial charge in [0.2, 0.25) is 0 Å². The van der Waals surface area contributed by atoms with Gasteiger partial charge >= 0.3 is 0 Å². The molecule has 0 aliphatic rings. The maximum absolute atomic E-state index is 6.58. The van der Waals surface area contributed by atoms with Gasteiger partial charge in [-0.2, -0.15) is 5.10 Å². The monoisotopic (exact) mass is 632 g/mol. The van der Waals surface area contributed by atoms with Crippen molar-refractivity contribution in [1.82, 2.24) is 9.78 Å². The minimum absolute atomic E-state index is 0.671. The van der Waals surface area contributed by atoms with E-state index in [4.69, 9.17) is 10.8 Å². The predicted molar refractivity (Wildman–Crippen MR) is 202 cm³/mol. The molecule has 0 aliphatic heterocycles. The Labute approximate surface area is 287 Å². The first-order valence-corrected chi connectivity index (χ1v) is 16.6. The van der Waals surface area contributed by atoms with Crippen molar-refractivity contribution >= 4 is 22.4 Å². The van der Waals surface area contributed by atoms with E-state index in [0.717, 1.165) is 50.1 Å². The van der Waals surface area contributed by atoms with Gasteiger partial charge in [0.25, 0.3) is 0 Å². The number of hydrogen-bond acceptors (Lipinski definition) is 3. The number of aromatic nitrogens is 2. The molecular formula is C45H36N4. The van der Waals surface area contributed by atoms with Gasteiger partial charge in [-0.05, 0) is 51.6 Å². The van der Waals surface area contributed by atoms with Gasteiger partial charge in [-0.15, -0.1) is 0 Å². The summed E-state index contributed by atoms with van der Waals surface area (Å²) in [4.78, 5) is 0. The average Bonchev–Trinajstić information content (AvgIpc) is 3.53. The summed E-state index contributed by atoms with van der Waals surface area (Å²) in [6.07, 6.45) is 0. The highest BCUT2D eigenvalue weighted by atomic mass is 15.4. The highest BCUT2D eigenvalue weighted by Gasteiger charge is 2.43. The summed E-state index contributed by atoms with van der Waals surface area (Å²) in [5, 5.41) is 10.6. The molecule has 7 aromatic carbocycles. The van der Waals surface area contributed by atoms with Crippen LogP contribution in [0.5, 0.6) is 0 Å². The summed E-state index contributed by atoms with van der Waals surface area (Å²) < 4.78 is 2.19. The van der Waals surface area contributed by atoms with E-state index in [0.29, 0.717) is 5.69 Å². The van der Waals surface area contributed by atoms with Crippen LogP contribution in [0.4, 0.5) is 11.5 Å². The Kier molecular flexibility index (Phi) is 7.75. The van der Waals surface area contributed by atoms with Gasteiger partial charge in [-0.25, -0.2) is 4.68 Å². The summed E-state index contributed by atoms with van der Waals surface area (Å²) in [6, 6.07) is 69.9. The molecule has 3 N–H and O–H groups in total. The molecule has 0 unspecified atom stereocenters. The van der Waals surface area contributed by atoms with Crippen molar-refractivity contribution in [3.8, 4) is 0 Å². The number of rotatable bonds is 9. The molecular weight excluding hydrogens is 597 g/mol. The van der Waals surface area contributed by atoms with Crippen LogP contribution in [0.1, 0.15) is 33.4 Å². The number of nitrogens with zero attached hydrogens (tertiary/aromatic N) is 2. The average molecular weight is 633 g/mol. The summed E-state index contributed by atoms with van der Waals surface area (Å²) >= 11 is 0. The van der Waals surface area contributed by atoms with Gasteiger partial charge in [-0.3, -0.25) is 0 Å². The van der Waals surface area contributed by atoms with Crippen LogP contribution in [-0.4, -0.2) is 9.78 Å². The van der Waals surface area contributed by atoms with E-state index in [2.05, 4.69) is 198 Å². The molecule has 0 amide bonds. The number of fused-ring (bicyclic) bond motifs is 1. The molecule has 0 aliphatic carbocycles. The lowest BCUT2D eigenvalue weighted by Crippen LogP contribution is -2.40. The first-order valence-electron chi connectivity index (χ1n) is 16.6. The van der Waals surface area contributed by atoms with Crippen LogP contribution in [-0.2, 0) is 11.1 Å². The normalized spacial score (nSPS) is 11.8. The number of nitrogens with two attached hydrogens (primary N) is 1. The molecule has 0 saturated heterocycles. The molecule has 4 nitrogen and oxygen atoms in total. The second-order valence-electron chi connectivity index (χ2n) is 12.3. The fraction of sp³-hybridized carbons (Fsp3) is 0.0444. The summed E-state index contributed by atoms with van der Waals surface area (Å²) in [5.41, 5.74) is 13.2. The molecule has 1 heterocycles. The molecule has 1 aromatic heterocycles. The van der Waals surface area contributed by atoms with Crippen molar-refractivity contribution < 1.29 is 0 Å². The third kappa shape index (κ3) is 5.06. The standard InChI is InChI=1S/C45H36N4/c46-40-31-32-42-41(33-40)43(47-44(34-19-7-1-8-20-34,35-21-9-2-10-22-35)36-23-11-3-12-24-36)48-49(42)45(37-25-13-4-14-26-37,38-27-15-5-16-28-38)39-29-17-6-18-30-39/h1-33H,46H2,(H,47,48). The highest BCUT2D eigenvalue weighted by molar-refractivity contribution is 5.94. The molecule has 0 spiro atoms. The van der Waals surface area contributed by atoms with Crippen molar-refractivity contribution in [1.29, 1.82) is 0 Å². The predicted octanol–water partition coefficient (Wildman–Crippen LogP) is 9.86. The Balaban J connectivity index is 1.48. The first-order chi connectivity index (χ1) is 24.2. The molecule has 0 atom stereocenters.